The molecule has 7 nitrogen and oxygen atoms in total. The van der Waals surface area contributed by atoms with Gasteiger partial charge in [0.05, 0.1) is 17.5 Å². The Morgan fingerprint density at radius 3 is 2.53 bits per heavy atom. The second-order valence-electron chi connectivity index (χ2n) is 6.20. The summed E-state index contributed by atoms with van der Waals surface area (Å²) < 4.78 is 28.7. The smallest absolute Gasteiger partial charge is 0.387 e. The van der Waals surface area contributed by atoms with E-state index in [1.54, 1.807) is 6.07 Å². The topological polar surface area (TPSA) is 95.0 Å². The van der Waals surface area contributed by atoms with Gasteiger partial charge in [0.1, 0.15) is 5.75 Å². The van der Waals surface area contributed by atoms with Crippen molar-refractivity contribution < 1.29 is 23.4 Å². The lowest BCUT2D eigenvalue weighted by Gasteiger charge is -2.14. The van der Waals surface area contributed by atoms with Gasteiger partial charge in [0.25, 0.3) is 5.91 Å². The van der Waals surface area contributed by atoms with Crippen LogP contribution in [0.5, 0.6) is 5.75 Å². The number of benzene rings is 1. The van der Waals surface area contributed by atoms with Crippen LogP contribution in [0.25, 0.3) is 0 Å². The monoisotopic (exact) mass is 440 g/mol. The summed E-state index contributed by atoms with van der Waals surface area (Å²) in [5.74, 6) is 0.489. The SMILES string of the molecule is CCNC(=NCC(O)c1ccc(OC(F)F)cc1)NCCCNC(=O)c1cccs1. The van der Waals surface area contributed by atoms with E-state index >= 15 is 0 Å². The number of amides is 1. The van der Waals surface area contributed by atoms with Crippen molar-refractivity contribution in [1.29, 1.82) is 0 Å². The molecule has 0 fully saturated rings. The van der Waals surface area contributed by atoms with Gasteiger partial charge in [-0.1, -0.05) is 18.2 Å². The van der Waals surface area contributed by atoms with Crippen LogP contribution in [-0.4, -0.2) is 49.8 Å². The molecule has 0 bridgehead atoms. The Labute approximate surface area is 178 Å². The lowest BCUT2D eigenvalue weighted by Crippen LogP contribution is -2.39. The van der Waals surface area contributed by atoms with E-state index in [0.717, 1.165) is 0 Å². The highest BCUT2D eigenvalue weighted by atomic mass is 32.1. The summed E-state index contributed by atoms with van der Waals surface area (Å²) in [5, 5.41) is 21.2. The number of aliphatic imine (C=N–C) groups is 1. The molecule has 0 radical (unpaired) electrons. The first-order valence-electron chi connectivity index (χ1n) is 9.56. The van der Waals surface area contributed by atoms with Crippen LogP contribution in [0.15, 0.2) is 46.8 Å². The van der Waals surface area contributed by atoms with Gasteiger partial charge in [0.2, 0.25) is 0 Å². The summed E-state index contributed by atoms with van der Waals surface area (Å²) in [5.41, 5.74) is 0.549. The summed E-state index contributed by atoms with van der Waals surface area (Å²) in [7, 11) is 0. The molecule has 1 aromatic carbocycles. The number of carbonyl (C=O) groups is 1. The van der Waals surface area contributed by atoms with Crippen LogP contribution in [0, 0.1) is 0 Å². The molecule has 0 aliphatic heterocycles. The Kier molecular flexibility index (Phi) is 10.0. The summed E-state index contributed by atoms with van der Waals surface area (Å²) in [6, 6.07) is 9.41. The minimum atomic E-state index is -2.89. The molecule has 1 heterocycles. The molecule has 0 spiro atoms. The summed E-state index contributed by atoms with van der Waals surface area (Å²) in [6.45, 7) is 0.904. The Hall–Kier alpha value is -2.72. The third kappa shape index (κ3) is 8.34. The number of rotatable bonds is 11. The van der Waals surface area contributed by atoms with Crippen LogP contribution in [0.4, 0.5) is 8.78 Å². The lowest BCUT2D eigenvalue weighted by atomic mass is 10.1. The van der Waals surface area contributed by atoms with E-state index in [1.807, 2.05) is 18.4 Å². The zero-order valence-corrected chi connectivity index (χ0v) is 17.4. The zero-order valence-electron chi connectivity index (χ0n) is 16.6. The maximum atomic E-state index is 12.2. The molecule has 164 valence electrons. The molecule has 30 heavy (non-hydrogen) atoms. The molecule has 2 aromatic rings. The van der Waals surface area contributed by atoms with Gasteiger partial charge in [-0.25, -0.2) is 0 Å². The molecule has 1 aromatic heterocycles. The molecule has 1 unspecified atom stereocenters. The van der Waals surface area contributed by atoms with Crippen molar-refractivity contribution in [3.63, 3.8) is 0 Å². The van der Waals surface area contributed by atoms with Crippen molar-refractivity contribution in [1.82, 2.24) is 16.0 Å². The van der Waals surface area contributed by atoms with Crippen molar-refractivity contribution in [2.45, 2.75) is 26.1 Å². The van der Waals surface area contributed by atoms with Gasteiger partial charge in [0, 0.05) is 19.6 Å². The Morgan fingerprint density at radius 1 is 1.17 bits per heavy atom. The van der Waals surface area contributed by atoms with E-state index < -0.39 is 12.7 Å². The zero-order chi connectivity index (χ0) is 21.8. The van der Waals surface area contributed by atoms with Crippen molar-refractivity contribution >= 4 is 23.2 Å². The first-order valence-corrected chi connectivity index (χ1v) is 10.4. The van der Waals surface area contributed by atoms with E-state index in [0.29, 0.717) is 42.5 Å². The maximum Gasteiger partial charge on any atom is 0.387 e. The molecular weight excluding hydrogens is 414 g/mol. The van der Waals surface area contributed by atoms with Gasteiger partial charge in [-0.15, -0.1) is 11.3 Å². The van der Waals surface area contributed by atoms with Gasteiger partial charge in [-0.2, -0.15) is 8.78 Å². The number of hydrogen-bond donors (Lipinski definition) is 4. The Morgan fingerprint density at radius 2 is 1.90 bits per heavy atom. The number of ether oxygens (including phenoxy) is 1. The minimum absolute atomic E-state index is 0.0330. The minimum Gasteiger partial charge on any atom is -0.435 e. The number of alkyl halides is 2. The summed E-state index contributed by atoms with van der Waals surface area (Å²) >= 11 is 1.40. The molecule has 4 N–H and O–H groups in total. The number of hydrogen-bond acceptors (Lipinski definition) is 5. The average molecular weight is 441 g/mol. The van der Waals surface area contributed by atoms with Crippen LogP contribution in [0.2, 0.25) is 0 Å². The number of nitrogens with zero attached hydrogens (tertiary/aromatic N) is 1. The number of thiophene rings is 1. The third-order valence-corrected chi connectivity index (χ3v) is 4.80. The quantitative estimate of drug-likeness (QED) is 0.245. The maximum absolute atomic E-state index is 12.2. The van der Waals surface area contributed by atoms with E-state index in [1.165, 1.54) is 35.6 Å². The molecule has 1 amide bonds. The molecule has 2 rings (SSSR count). The molecule has 0 saturated heterocycles. The largest absolute Gasteiger partial charge is 0.435 e. The predicted molar refractivity (Wildman–Crippen MR) is 113 cm³/mol. The number of aliphatic hydroxyl groups is 1. The summed E-state index contributed by atoms with van der Waals surface area (Å²) in [6.07, 6.45) is -0.179. The first kappa shape index (κ1) is 23.6. The standard InChI is InChI=1S/C20H26F2N4O3S/c1-2-23-20(25-11-4-10-24-18(28)17-5-3-12-30-17)26-13-16(27)14-6-8-15(9-7-14)29-19(21)22/h3,5-9,12,16,19,27H,2,4,10-11,13H2,1H3,(H,24,28)(H2,23,25,26). The van der Waals surface area contributed by atoms with Crippen molar-refractivity contribution in [3.8, 4) is 5.75 Å². The Balaban J connectivity index is 1.75. The van der Waals surface area contributed by atoms with E-state index in [9.17, 15) is 18.7 Å². The second-order valence-corrected chi connectivity index (χ2v) is 7.14. The van der Waals surface area contributed by atoms with Crippen molar-refractivity contribution in [3.05, 3.63) is 52.2 Å². The fourth-order valence-corrected chi connectivity index (χ4v) is 3.13. The highest BCUT2D eigenvalue weighted by Gasteiger charge is 2.10. The third-order valence-electron chi connectivity index (χ3n) is 3.93. The van der Waals surface area contributed by atoms with Crippen LogP contribution >= 0.6 is 11.3 Å². The number of nitrogens with one attached hydrogen (secondary N) is 3. The van der Waals surface area contributed by atoms with Crippen LogP contribution in [-0.2, 0) is 0 Å². The van der Waals surface area contributed by atoms with Crippen molar-refractivity contribution in [2.24, 2.45) is 4.99 Å². The average Bonchev–Trinajstić information content (AvgIpc) is 3.26. The van der Waals surface area contributed by atoms with Gasteiger partial charge in [-0.3, -0.25) is 9.79 Å². The van der Waals surface area contributed by atoms with Gasteiger partial charge < -0.3 is 25.8 Å². The lowest BCUT2D eigenvalue weighted by molar-refractivity contribution is -0.0498. The molecule has 0 aliphatic carbocycles. The first-order chi connectivity index (χ1) is 14.5. The number of aliphatic hydroxyl groups excluding tert-OH is 1. The predicted octanol–water partition coefficient (Wildman–Crippen LogP) is 2.76. The van der Waals surface area contributed by atoms with Crippen LogP contribution in [0.1, 0.15) is 34.7 Å². The fraction of sp³-hybridized carbons (Fsp3) is 0.400. The fourth-order valence-electron chi connectivity index (χ4n) is 2.49. The number of carbonyl (C=O) groups excluding carboxylic acids is 1. The molecule has 0 saturated carbocycles. The van der Waals surface area contributed by atoms with Crippen LogP contribution in [0.3, 0.4) is 0 Å². The van der Waals surface area contributed by atoms with Gasteiger partial charge in [-0.05, 0) is 42.5 Å². The molecule has 0 aliphatic rings. The van der Waals surface area contributed by atoms with Gasteiger partial charge in [0.15, 0.2) is 5.96 Å². The summed E-state index contributed by atoms with van der Waals surface area (Å²) in [4.78, 5) is 16.9. The van der Waals surface area contributed by atoms with E-state index in [2.05, 4.69) is 25.7 Å². The number of guanidine groups is 1. The van der Waals surface area contributed by atoms with Crippen molar-refractivity contribution in [2.75, 3.05) is 26.2 Å². The highest BCUT2D eigenvalue weighted by Crippen LogP contribution is 2.19. The number of halogens is 2. The van der Waals surface area contributed by atoms with Crippen LogP contribution < -0.4 is 20.7 Å². The second kappa shape index (κ2) is 12.8. The van der Waals surface area contributed by atoms with Gasteiger partial charge >= 0.3 is 6.61 Å². The molecule has 1 atom stereocenters. The molecular formula is C20H26F2N4O3S. The Bertz CT molecular complexity index is 786. The normalized spacial score (nSPS) is 12.5. The van der Waals surface area contributed by atoms with E-state index in [4.69, 9.17) is 0 Å². The van der Waals surface area contributed by atoms with E-state index in [-0.39, 0.29) is 18.2 Å². The highest BCUT2D eigenvalue weighted by molar-refractivity contribution is 7.12. The molecule has 10 heteroatoms.